The van der Waals surface area contributed by atoms with Gasteiger partial charge in [0.2, 0.25) is 0 Å². The van der Waals surface area contributed by atoms with E-state index in [-0.39, 0.29) is 39.0 Å². The number of hydrogen-bond donors (Lipinski definition) is 1. The molecular formula is C23H31FN6O2S2. The second kappa shape index (κ2) is 9.88. The van der Waals surface area contributed by atoms with E-state index in [4.69, 9.17) is 9.47 Å². The van der Waals surface area contributed by atoms with E-state index in [0.717, 1.165) is 60.4 Å². The quantitative estimate of drug-likeness (QED) is 0.583. The molecule has 3 aliphatic rings. The van der Waals surface area contributed by atoms with Gasteiger partial charge in [0.05, 0.1) is 37.6 Å². The number of nitrogens with zero attached hydrogens (tertiary/aromatic N) is 5. The maximum Gasteiger partial charge on any atom is 0.320 e. The summed E-state index contributed by atoms with van der Waals surface area (Å²) in [4.78, 5) is 11.4. The Hall–Kier alpha value is -2.08. The maximum absolute atomic E-state index is 14.7. The summed E-state index contributed by atoms with van der Waals surface area (Å²) in [5, 5.41) is 8.77. The van der Waals surface area contributed by atoms with Gasteiger partial charge in [-0.25, -0.2) is 9.07 Å². The number of anilines is 1. The monoisotopic (exact) mass is 506 g/mol. The van der Waals surface area contributed by atoms with Crippen LogP contribution in [0.5, 0.6) is 6.01 Å². The van der Waals surface area contributed by atoms with Crippen LogP contribution in [0.2, 0.25) is 0 Å². The van der Waals surface area contributed by atoms with Crippen LogP contribution in [0.4, 0.5) is 10.2 Å². The van der Waals surface area contributed by atoms with Crippen molar-refractivity contribution in [2.45, 2.75) is 44.0 Å². The molecule has 11 heteroatoms. The molecule has 4 atom stereocenters. The molecule has 2 bridgehead atoms. The fraction of sp³-hybridized carbons (Fsp3) is 0.522. The topological polar surface area (TPSA) is 77.3 Å². The minimum atomic E-state index is -0.894. The van der Waals surface area contributed by atoms with Crippen LogP contribution in [-0.4, -0.2) is 71.4 Å². The van der Waals surface area contributed by atoms with Gasteiger partial charge >= 0.3 is 6.01 Å². The molecule has 8 nitrogen and oxygen atoms in total. The lowest BCUT2D eigenvalue weighted by Gasteiger charge is -2.28. The summed E-state index contributed by atoms with van der Waals surface area (Å²) >= 11 is 0. The van der Waals surface area contributed by atoms with Crippen molar-refractivity contribution in [3.63, 3.8) is 0 Å². The Morgan fingerprint density at radius 3 is 2.71 bits per heavy atom. The van der Waals surface area contributed by atoms with E-state index >= 15 is 0 Å². The molecule has 0 radical (unpaired) electrons. The van der Waals surface area contributed by atoms with E-state index in [1.165, 1.54) is 0 Å². The minimum absolute atomic E-state index is 0. The number of aromatic nitrogens is 4. The normalized spacial score (nSPS) is 25.8. The third kappa shape index (κ3) is 4.23. The molecule has 3 aliphatic heterocycles. The van der Waals surface area contributed by atoms with Crippen molar-refractivity contribution in [1.82, 2.24) is 25.1 Å². The zero-order chi connectivity index (χ0) is 21.8. The molecule has 0 spiro atoms. The highest BCUT2D eigenvalue weighted by molar-refractivity contribution is 7.59. The number of piperidine rings is 1. The number of aryl methyl sites for hydroxylation is 1. The number of ether oxygens (including phenoxy) is 2. The van der Waals surface area contributed by atoms with Crippen molar-refractivity contribution in [1.29, 1.82) is 0 Å². The first-order valence-electron chi connectivity index (χ1n) is 11.3. The van der Waals surface area contributed by atoms with E-state index in [2.05, 4.69) is 44.3 Å². The molecule has 184 valence electrons. The van der Waals surface area contributed by atoms with Crippen LogP contribution in [-0.2, 0) is 4.74 Å². The van der Waals surface area contributed by atoms with Gasteiger partial charge in [-0.15, -0.1) is 0 Å². The third-order valence-electron chi connectivity index (χ3n) is 7.04. The largest absolute Gasteiger partial charge is 0.467 e. The van der Waals surface area contributed by atoms with Gasteiger partial charge in [-0.1, -0.05) is 0 Å². The van der Waals surface area contributed by atoms with Gasteiger partial charge < -0.3 is 19.7 Å². The Morgan fingerprint density at radius 1 is 1.18 bits per heavy atom. The van der Waals surface area contributed by atoms with E-state index in [0.29, 0.717) is 24.4 Å². The van der Waals surface area contributed by atoms with Gasteiger partial charge in [0.15, 0.2) is 5.82 Å². The molecule has 34 heavy (non-hydrogen) atoms. The number of fused-ring (bicyclic) bond motifs is 3. The number of morpholine rings is 1. The highest BCUT2D eigenvalue weighted by Gasteiger charge is 2.40. The number of alkyl halides is 1. The summed E-state index contributed by atoms with van der Waals surface area (Å²) < 4.78 is 27.7. The Bertz CT molecular complexity index is 1180. The molecule has 0 amide bonds. The number of halogens is 1. The van der Waals surface area contributed by atoms with Crippen LogP contribution in [0.3, 0.4) is 0 Å². The van der Waals surface area contributed by atoms with Crippen LogP contribution in [0.15, 0.2) is 24.4 Å². The zero-order valence-corrected chi connectivity index (χ0v) is 21.3. The summed E-state index contributed by atoms with van der Waals surface area (Å²) in [5.41, 5.74) is 3.05. The number of benzene rings is 1. The summed E-state index contributed by atoms with van der Waals surface area (Å²) in [6, 6.07) is 6.77. The first-order valence-corrected chi connectivity index (χ1v) is 11.3. The van der Waals surface area contributed by atoms with E-state index in [1.807, 2.05) is 16.9 Å². The molecule has 6 rings (SSSR count). The zero-order valence-electron chi connectivity index (χ0n) is 19.3. The smallest absolute Gasteiger partial charge is 0.320 e. The SMILES string of the molecule is COc1nc(N2C[C@@H]3C[C@H]2CO3)cc(-n2ncc3cc(C)c(C4CCNCC4F)cc32)n1.S.S. The molecule has 3 fully saturated rings. The van der Waals surface area contributed by atoms with Crippen LogP contribution < -0.4 is 15.0 Å². The Balaban J connectivity index is 0.00000137. The van der Waals surface area contributed by atoms with Gasteiger partial charge in [-0.3, -0.25) is 0 Å². The Kier molecular flexibility index (Phi) is 7.28. The van der Waals surface area contributed by atoms with E-state index in [1.54, 1.807) is 7.11 Å². The number of nitrogens with one attached hydrogen (secondary N) is 1. The third-order valence-corrected chi connectivity index (χ3v) is 7.04. The van der Waals surface area contributed by atoms with Gasteiger partial charge in [-0.05, 0) is 49.6 Å². The number of rotatable bonds is 4. The number of hydrogen-bond acceptors (Lipinski definition) is 7. The number of methoxy groups -OCH3 is 1. The lowest BCUT2D eigenvalue weighted by Crippen LogP contribution is -2.37. The molecule has 0 saturated carbocycles. The molecule has 3 aromatic rings. The predicted molar refractivity (Wildman–Crippen MR) is 139 cm³/mol. The molecule has 1 aromatic carbocycles. The van der Waals surface area contributed by atoms with Crippen LogP contribution in [0.1, 0.15) is 29.9 Å². The van der Waals surface area contributed by atoms with Crippen molar-refractivity contribution in [3.05, 3.63) is 35.5 Å². The van der Waals surface area contributed by atoms with Crippen molar-refractivity contribution in [3.8, 4) is 11.8 Å². The standard InChI is InChI=1S/C23H27FN6O2.2H2S/c1-13-5-14-9-26-30(20(14)7-18(13)17-3-4-25-10-19(17)24)22-8-21(27-23(28-22)31-2)29-11-16-6-15(29)12-32-16;;/h5,7-9,15-17,19,25H,3-4,6,10-12H2,1-2H3;2*1H2/t15-,16-,17?,19?;;/m0../s1. The van der Waals surface area contributed by atoms with Gasteiger partial charge in [0.25, 0.3) is 0 Å². The van der Waals surface area contributed by atoms with Gasteiger partial charge in [-0.2, -0.15) is 42.1 Å². The average molecular weight is 507 g/mol. The first-order chi connectivity index (χ1) is 15.6. The van der Waals surface area contributed by atoms with E-state index in [9.17, 15) is 4.39 Å². The molecule has 0 aliphatic carbocycles. The van der Waals surface area contributed by atoms with Crippen LogP contribution >= 0.6 is 27.0 Å². The molecular weight excluding hydrogens is 475 g/mol. The van der Waals surface area contributed by atoms with Gasteiger partial charge in [0, 0.05) is 30.5 Å². The van der Waals surface area contributed by atoms with Crippen LogP contribution in [0.25, 0.3) is 16.7 Å². The predicted octanol–water partition coefficient (Wildman–Crippen LogP) is 2.75. The first kappa shape index (κ1) is 25.0. The summed E-state index contributed by atoms with van der Waals surface area (Å²) in [5.74, 6) is 1.35. The second-order valence-corrected chi connectivity index (χ2v) is 9.01. The van der Waals surface area contributed by atoms with E-state index < -0.39 is 6.17 Å². The molecule has 5 heterocycles. The average Bonchev–Trinajstić information content (AvgIpc) is 3.54. The Morgan fingerprint density at radius 2 is 2.00 bits per heavy atom. The van der Waals surface area contributed by atoms with Gasteiger partial charge in [0.1, 0.15) is 12.0 Å². The lowest BCUT2D eigenvalue weighted by atomic mass is 9.85. The second-order valence-electron chi connectivity index (χ2n) is 9.01. The van der Waals surface area contributed by atoms with Crippen molar-refractivity contribution in [2.24, 2.45) is 0 Å². The molecule has 1 N–H and O–H groups in total. The lowest BCUT2D eigenvalue weighted by molar-refractivity contribution is 0.0988. The highest BCUT2D eigenvalue weighted by Crippen LogP contribution is 2.35. The maximum atomic E-state index is 14.7. The molecule has 3 saturated heterocycles. The summed E-state index contributed by atoms with van der Waals surface area (Å²) in [6.07, 6.45) is 3.01. The van der Waals surface area contributed by atoms with Crippen LogP contribution in [0, 0.1) is 6.92 Å². The summed E-state index contributed by atoms with van der Waals surface area (Å²) in [7, 11) is 1.57. The van der Waals surface area contributed by atoms with Crippen molar-refractivity contribution < 1.29 is 13.9 Å². The van der Waals surface area contributed by atoms with Crippen molar-refractivity contribution in [2.75, 3.05) is 38.3 Å². The van der Waals surface area contributed by atoms with Crippen molar-refractivity contribution >= 4 is 43.7 Å². The molecule has 2 aromatic heterocycles. The molecule has 2 unspecified atom stereocenters. The minimum Gasteiger partial charge on any atom is -0.467 e. The highest BCUT2D eigenvalue weighted by atomic mass is 32.1. The fourth-order valence-electron chi connectivity index (χ4n) is 5.39. The Labute approximate surface area is 212 Å². The summed E-state index contributed by atoms with van der Waals surface area (Å²) in [6.45, 7) is 4.82. The fourth-order valence-corrected chi connectivity index (χ4v) is 5.39.